The van der Waals surface area contributed by atoms with Crippen LogP contribution in [0.1, 0.15) is 39.0 Å². The minimum atomic E-state index is -0.679. The van der Waals surface area contributed by atoms with Gasteiger partial charge in [-0.15, -0.1) is 12.4 Å². The summed E-state index contributed by atoms with van der Waals surface area (Å²) in [5, 5.41) is 11.6. The summed E-state index contributed by atoms with van der Waals surface area (Å²) in [6.45, 7) is 4.17. The third-order valence-electron chi connectivity index (χ3n) is 1.74. The molecule has 0 aliphatic rings. The topological polar surface area (TPSA) is 49.3 Å². The zero-order chi connectivity index (χ0) is 9.23. The molecule has 0 amide bonds. The molecule has 3 nitrogen and oxygen atoms in total. The predicted molar refractivity (Wildman–Crippen MR) is 56.5 cm³/mol. The Kier molecular flexibility index (Phi) is 13.7. The van der Waals surface area contributed by atoms with E-state index in [4.69, 9.17) is 5.11 Å². The summed E-state index contributed by atoms with van der Waals surface area (Å²) in [7, 11) is 0. The van der Waals surface area contributed by atoms with Crippen LogP contribution in [-0.4, -0.2) is 24.2 Å². The van der Waals surface area contributed by atoms with E-state index in [2.05, 4.69) is 12.2 Å². The molecule has 0 fully saturated rings. The number of unbranched alkanes of at least 4 members (excludes halogenated alkanes) is 3. The normalized spacial score (nSPS) is 9.31. The van der Waals surface area contributed by atoms with Crippen LogP contribution in [0.4, 0.5) is 0 Å². The van der Waals surface area contributed by atoms with Crippen molar-refractivity contribution >= 4 is 18.4 Å². The molecule has 0 heterocycles. The Labute approximate surface area is 86.3 Å². The van der Waals surface area contributed by atoms with E-state index in [1.807, 2.05) is 0 Å². The number of carbonyl (C=O) groups is 1. The molecular weight excluding hydrogens is 190 g/mol. The molecule has 0 spiro atoms. The lowest BCUT2D eigenvalue weighted by Gasteiger charge is -2.00. The van der Waals surface area contributed by atoms with Crippen molar-refractivity contribution in [1.29, 1.82) is 0 Å². The average molecular weight is 210 g/mol. The number of hydrogen-bond acceptors (Lipinski definition) is 2. The Morgan fingerprint density at radius 2 is 1.85 bits per heavy atom. The van der Waals surface area contributed by atoms with E-state index in [0.29, 0.717) is 6.42 Å². The molecule has 0 aliphatic heterocycles. The molecule has 0 aromatic heterocycles. The average Bonchev–Trinajstić information content (AvgIpc) is 2.02. The van der Waals surface area contributed by atoms with E-state index in [9.17, 15) is 4.79 Å². The van der Waals surface area contributed by atoms with E-state index in [0.717, 1.165) is 38.8 Å². The fraction of sp³-hybridized carbons (Fsp3) is 0.889. The number of rotatable bonds is 8. The Bertz CT molecular complexity index is 120. The van der Waals surface area contributed by atoms with Gasteiger partial charge < -0.3 is 10.4 Å². The van der Waals surface area contributed by atoms with E-state index in [-0.39, 0.29) is 12.4 Å². The van der Waals surface area contributed by atoms with Crippen LogP contribution < -0.4 is 5.32 Å². The van der Waals surface area contributed by atoms with E-state index < -0.39 is 5.97 Å². The van der Waals surface area contributed by atoms with E-state index >= 15 is 0 Å². The summed E-state index contributed by atoms with van der Waals surface area (Å²) >= 11 is 0. The van der Waals surface area contributed by atoms with Crippen LogP contribution in [0.15, 0.2) is 0 Å². The second-order valence-electron chi connectivity index (χ2n) is 2.91. The summed E-state index contributed by atoms with van der Waals surface area (Å²) in [6.07, 6.45) is 4.48. The number of aliphatic carboxylic acids is 1. The van der Waals surface area contributed by atoms with Crippen molar-refractivity contribution in [1.82, 2.24) is 5.32 Å². The van der Waals surface area contributed by atoms with Crippen LogP contribution in [0.2, 0.25) is 0 Å². The summed E-state index contributed by atoms with van der Waals surface area (Å²) in [5.74, 6) is -0.679. The Balaban J connectivity index is 0. The summed E-state index contributed by atoms with van der Waals surface area (Å²) in [6, 6.07) is 0. The lowest BCUT2D eigenvalue weighted by Crippen LogP contribution is -2.13. The Hall–Kier alpha value is -0.280. The number of carboxylic acid groups (broad SMARTS) is 1. The van der Waals surface area contributed by atoms with Gasteiger partial charge in [0, 0.05) is 6.42 Å². The minimum absolute atomic E-state index is 0. The van der Waals surface area contributed by atoms with Crippen molar-refractivity contribution in [2.45, 2.75) is 39.0 Å². The van der Waals surface area contributed by atoms with Gasteiger partial charge in [0.25, 0.3) is 0 Å². The molecule has 0 atom stereocenters. The highest BCUT2D eigenvalue weighted by molar-refractivity contribution is 5.85. The third-order valence-corrected chi connectivity index (χ3v) is 1.74. The van der Waals surface area contributed by atoms with Crippen molar-refractivity contribution in [3.8, 4) is 0 Å². The molecule has 0 rings (SSSR count). The zero-order valence-electron chi connectivity index (χ0n) is 8.21. The number of hydrogen-bond donors (Lipinski definition) is 2. The molecule has 13 heavy (non-hydrogen) atoms. The molecule has 0 aromatic carbocycles. The van der Waals surface area contributed by atoms with Crippen molar-refractivity contribution in [2.75, 3.05) is 13.1 Å². The van der Waals surface area contributed by atoms with Gasteiger partial charge in [0.2, 0.25) is 0 Å². The van der Waals surface area contributed by atoms with Gasteiger partial charge in [-0.25, -0.2) is 0 Å². The predicted octanol–water partition coefficient (Wildman–Crippen LogP) is 2.05. The Morgan fingerprint density at radius 1 is 1.23 bits per heavy atom. The largest absolute Gasteiger partial charge is 0.481 e. The second-order valence-corrected chi connectivity index (χ2v) is 2.91. The maximum Gasteiger partial charge on any atom is 0.303 e. The maximum atomic E-state index is 10.1. The number of halogens is 1. The first-order chi connectivity index (χ1) is 5.77. The highest BCUT2D eigenvalue weighted by Gasteiger charge is 1.95. The van der Waals surface area contributed by atoms with Gasteiger partial charge in [-0.3, -0.25) is 4.79 Å². The zero-order valence-corrected chi connectivity index (χ0v) is 9.03. The van der Waals surface area contributed by atoms with Crippen molar-refractivity contribution < 1.29 is 9.90 Å². The first-order valence-corrected chi connectivity index (χ1v) is 4.70. The first kappa shape index (κ1) is 15.2. The molecule has 2 N–H and O–H groups in total. The van der Waals surface area contributed by atoms with E-state index in [1.54, 1.807) is 0 Å². The highest BCUT2D eigenvalue weighted by atomic mass is 35.5. The molecular formula is C9H20ClNO2. The lowest BCUT2D eigenvalue weighted by atomic mass is 10.1. The lowest BCUT2D eigenvalue weighted by molar-refractivity contribution is -0.137. The van der Waals surface area contributed by atoms with Crippen LogP contribution in [0.25, 0.3) is 0 Å². The van der Waals surface area contributed by atoms with Gasteiger partial charge in [0.05, 0.1) is 0 Å². The second kappa shape index (κ2) is 11.7. The molecule has 4 heteroatoms. The summed E-state index contributed by atoms with van der Waals surface area (Å²) in [4.78, 5) is 10.1. The van der Waals surface area contributed by atoms with Gasteiger partial charge >= 0.3 is 5.97 Å². The Morgan fingerprint density at radius 3 is 2.38 bits per heavy atom. The van der Waals surface area contributed by atoms with Gasteiger partial charge in [0.15, 0.2) is 0 Å². The van der Waals surface area contributed by atoms with Gasteiger partial charge in [-0.2, -0.15) is 0 Å². The maximum absolute atomic E-state index is 10.1. The van der Waals surface area contributed by atoms with Crippen molar-refractivity contribution in [2.24, 2.45) is 0 Å². The molecule has 0 saturated carbocycles. The van der Waals surface area contributed by atoms with Crippen LogP contribution >= 0.6 is 12.4 Å². The molecule has 80 valence electrons. The van der Waals surface area contributed by atoms with Crippen LogP contribution in [0.5, 0.6) is 0 Å². The third kappa shape index (κ3) is 14.6. The molecule has 0 saturated heterocycles. The van der Waals surface area contributed by atoms with Crippen molar-refractivity contribution in [3.05, 3.63) is 0 Å². The quantitative estimate of drug-likeness (QED) is 0.602. The van der Waals surface area contributed by atoms with Crippen LogP contribution in [0, 0.1) is 0 Å². The van der Waals surface area contributed by atoms with E-state index in [1.165, 1.54) is 0 Å². The molecule has 0 radical (unpaired) electrons. The molecule has 0 unspecified atom stereocenters. The molecule has 0 aliphatic carbocycles. The monoisotopic (exact) mass is 209 g/mol. The first-order valence-electron chi connectivity index (χ1n) is 4.70. The van der Waals surface area contributed by atoms with Gasteiger partial charge in [-0.05, 0) is 25.9 Å². The van der Waals surface area contributed by atoms with Crippen molar-refractivity contribution in [3.63, 3.8) is 0 Å². The minimum Gasteiger partial charge on any atom is -0.481 e. The smallest absolute Gasteiger partial charge is 0.303 e. The fourth-order valence-electron chi connectivity index (χ4n) is 1.06. The van der Waals surface area contributed by atoms with Crippen LogP contribution in [-0.2, 0) is 4.79 Å². The fourth-order valence-corrected chi connectivity index (χ4v) is 1.06. The number of nitrogens with one attached hydrogen (secondary N) is 1. The SMILES string of the molecule is CCNCCCCCCC(=O)O.Cl. The van der Waals surface area contributed by atoms with Crippen LogP contribution in [0.3, 0.4) is 0 Å². The standard InChI is InChI=1S/C9H19NO2.ClH/c1-2-10-8-6-4-3-5-7-9(11)12;/h10H,2-8H2,1H3,(H,11,12);1H. The molecule has 0 aromatic rings. The summed E-state index contributed by atoms with van der Waals surface area (Å²) in [5.41, 5.74) is 0. The number of carboxylic acids is 1. The van der Waals surface area contributed by atoms with Gasteiger partial charge in [-0.1, -0.05) is 19.8 Å². The molecule has 0 bridgehead atoms. The van der Waals surface area contributed by atoms with Gasteiger partial charge in [0.1, 0.15) is 0 Å². The highest BCUT2D eigenvalue weighted by Crippen LogP contribution is 2.01. The summed E-state index contributed by atoms with van der Waals surface area (Å²) < 4.78 is 0.